The van der Waals surface area contributed by atoms with Crippen LogP contribution >= 0.6 is 0 Å². The van der Waals surface area contributed by atoms with E-state index in [1.54, 1.807) is 11.8 Å². The van der Waals surface area contributed by atoms with Crippen LogP contribution in [-0.4, -0.2) is 67.7 Å². The predicted octanol–water partition coefficient (Wildman–Crippen LogP) is 3.89. The third-order valence-electron chi connectivity index (χ3n) is 7.78. The molecule has 2 saturated heterocycles. The molecule has 0 aromatic heterocycles. The first kappa shape index (κ1) is 29.8. The number of carbonyl (C=O) groups is 3. The molecule has 2 aliphatic rings. The zero-order valence-corrected chi connectivity index (χ0v) is 25.5. The molecule has 0 radical (unpaired) electrons. The van der Waals surface area contributed by atoms with Crippen molar-refractivity contribution >= 4 is 25.9 Å². The highest BCUT2D eigenvalue weighted by Gasteiger charge is 2.53. The van der Waals surface area contributed by atoms with E-state index in [0.29, 0.717) is 37.5 Å². The normalized spacial score (nSPS) is 23.2. The number of benzene rings is 2. The van der Waals surface area contributed by atoms with Crippen LogP contribution in [0.15, 0.2) is 42.5 Å². The highest BCUT2D eigenvalue weighted by atomic mass is 28.3. The summed E-state index contributed by atoms with van der Waals surface area (Å²) >= 11 is 0. The molecule has 2 fully saturated rings. The van der Waals surface area contributed by atoms with E-state index in [2.05, 4.69) is 57.0 Å². The standard InChI is InChI=1S/C30H42N4O5Si/c1-21-7-8-22(2)23(17-21)18-39-25-11-9-24(10-12-25)30(31)13-14-33(27(30)36)19-29(3)26(35)34(28(37)32-29)20-38-15-16-40(4,5)6/h7-12,17H,13-16,18-20,31H2,1-6H3,(H,32,37). The van der Waals surface area contributed by atoms with E-state index < -0.39 is 31.1 Å². The highest BCUT2D eigenvalue weighted by molar-refractivity contribution is 6.76. The second-order valence-corrected chi connectivity index (χ2v) is 18.2. The first-order chi connectivity index (χ1) is 18.7. The number of aryl methyl sites for hydroxylation is 2. The van der Waals surface area contributed by atoms with Crippen molar-refractivity contribution in [1.82, 2.24) is 15.1 Å². The van der Waals surface area contributed by atoms with Gasteiger partial charge in [-0.2, -0.15) is 0 Å². The molecule has 10 heteroatoms. The molecular weight excluding hydrogens is 524 g/mol. The van der Waals surface area contributed by atoms with E-state index in [9.17, 15) is 14.4 Å². The smallest absolute Gasteiger partial charge is 0.327 e. The van der Waals surface area contributed by atoms with Crippen LogP contribution in [0.1, 0.15) is 35.6 Å². The maximum absolute atomic E-state index is 13.5. The number of likely N-dealkylation sites (tertiary alicyclic amines) is 1. The summed E-state index contributed by atoms with van der Waals surface area (Å²) in [5.41, 5.74) is 8.36. The van der Waals surface area contributed by atoms with Crippen molar-refractivity contribution in [2.75, 3.05) is 26.4 Å². The molecule has 4 rings (SSSR count). The first-order valence-electron chi connectivity index (χ1n) is 13.8. The molecule has 0 spiro atoms. The number of hydrogen-bond acceptors (Lipinski definition) is 6. The van der Waals surface area contributed by atoms with Crippen LogP contribution in [0.5, 0.6) is 5.75 Å². The molecule has 0 bridgehead atoms. The van der Waals surface area contributed by atoms with Crippen LogP contribution in [0.2, 0.25) is 25.7 Å². The fourth-order valence-electron chi connectivity index (χ4n) is 5.07. The minimum absolute atomic E-state index is 0.0395. The number of hydrogen-bond donors (Lipinski definition) is 2. The Morgan fingerprint density at radius 2 is 1.73 bits per heavy atom. The van der Waals surface area contributed by atoms with E-state index >= 15 is 0 Å². The molecule has 216 valence electrons. The lowest BCUT2D eigenvalue weighted by Crippen LogP contribution is -2.55. The topological polar surface area (TPSA) is 114 Å². The maximum atomic E-state index is 13.5. The predicted molar refractivity (Wildman–Crippen MR) is 157 cm³/mol. The molecule has 40 heavy (non-hydrogen) atoms. The summed E-state index contributed by atoms with van der Waals surface area (Å²) in [6.45, 7) is 13.7. The zero-order valence-electron chi connectivity index (χ0n) is 24.5. The average Bonchev–Trinajstić information content (AvgIpc) is 3.29. The van der Waals surface area contributed by atoms with Crippen molar-refractivity contribution in [3.8, 4) is 5.75 Å². The summed E-state index contributed by atoms with van der Waals surface area (Å²) in [4.78, 5) is 41.9. The van der Waals surface area contributed by atoms with Gasteiger partial charge in [0.05, 0.1) is 6.54 Å². The Morgan fingerprint density at radius 1 is 1.02 bits per heavy atom. The van der Waals surface area contributed by atoms with E-state index in [4.69, 9.17) is 15.2 Å². The molecule has 2 atom stereocenters. The Morgan fingerprint density at radius 3 is 2.40 bits per heavy atom. The van der Waals surface area contributed by atoms with E-state index in [-0.39, 0.29) is 19.2 Å². The number of ether oxygens (including phenoxy) is 2. The quantitative estimate of drug-likeness (QED) is 0.242. The van der Waals surface area contributed by atoms with Crippen molar-refractivity contribution in [3.63, 3.8) is 0 Å². The minimum Gasteiger partial charge on any atom is -0.489 e. The number of nitrogens with zero attached hydrogens (tertiary/aromatic N) is 2. The molecule has 2 unspecified atom stereocenters. The Balaban J connectivity index is 1.36. The van der Waals surface area contributed by atoms with Gasteiger partial charge in [-0.1, -0.05) is 55.5 Å². The van der Waals surface area contributed by atoms with Crippen molar-refractivity contribution in [3.05, 3.63) is 64.7 Å². The molecule has 2 aromatic rings. The number of urea groups is 1. The van der Waals surface area contributed by atoms with Gasteiger partial charge >= 0.3 is 6.03 Å². The summed E-state index contributed by atoms with van der Waals surface area (Å²) in [6, 6.07) is 14.0. The number of imide groups is 1. The summed E-state index contributed by atoms with van der Waals surface area (Å²) < 4.78 is 11.6. The lowest BCUT2D eigenvalue weighted by Gasteiger charge is -2.29. The van der Waals surface area contributed by atoms with Crippen LogP contribution in [0.4, 0.5) is 4.79 Å². The van der Waals surface area contributed by atoms with Crippen LogP contribution in [0.25, 0.3) is 0 Å². The molecule has 3 N–H and O–H groups in total. The van der Waals surface area contributed by atoms with Crippen molar-refractivity contribution < 1.29 is 23.9 Å². The molecule has 2 aromatic carbocycles. The van der Waals surface area contributed by atoms with E-state index in [0.717, 1.165) is 16.5 Å². The molecule has 0 saturated carbocycles. The molecule has 0 aliphatic carbocycles. The van der Waals surface area contributed by atoms with Crippen LogP contribution in [0.3, 0.4) is 0 Å². The van der Waals surface area contributed by atoms with Gasteiger partial charge in [-0.3, -0.25) is 9.59 Å². The molecule has 2 aliphatic heterocycles. The number of rotatable bonds is 11. The van der Waals surface area contributed by atoms with Crippen molar-refractivity contribution in [2.24, 2.45) is 5.73 Å². The molecule has 9 nitrogen and oxygen atoms in total. The number of amides is 4. The van der Waals surface area contributed by atoms with Crippen molar-refractivity contribution in [2.45, 2.75) is 70.6 Å². The highest BCUT2D eigenvalue weighted by Crippen LogP contribution is 2.34. The van der Waals surface area contributed by atoms with Gasteiger partial charge in [0.25, 0.3) is 5.91 Å². The van der Waals surface area contributed by atoms with Gasteiger partial charge in [-0.15, -0.1) is 0 Å². The van der Waals surface area contributed by atoms with Gasteiger partial charge in [-0.05, 0) is 62.1 Å². The Labute approximate surface area is 238 Å². The Hall–Kier alpha value is -3.21. The molecular formula is C30H42N4O5Si. The largest absolute Gasteiger partial charge is 0.489 e. The summed E-state index contributed by atoms with van der Waals surface area (Å²) in [5, 5.41) is 2.76. The number of carbonyl (C=O) groups excluding carboxylic acids is 3. The Kier molecular flexibility index (Phi) is 8.44. The zero-order chi connectivity index (χ0) is 29.3. The van der Waals surface area contributed by atoms with Crippen LogP contribution in [0, 0.1) is 13.8 Å². The van der Waals surface area contributed by atoms with Gasteiger partial charge in [0.15, 0.2) is 0 Å². The van der Waals surface area contributed by atoms with E-state index in [1.165, 1.54) is 11.1 Å². The fraction of sp³-hybridized carbons (Fsp3) is 0.500. The first-order valence-corrected chi connectivity index (χ1v) is 17.5. The maximum Gasteiger partial charge on any atom is 0.327 e. The Bertz CT molecular complexity index is 1280. The monoisotopic (exact) mass is 566 g/mol. The lowest BCUT2D eigenvalue weighted by atomic mass is 9.89. The lowest BCUT2D eigenvalue weighted by molar-refractivity contribution is -0.137. The van der Waals surface area contributed by atoms with E-state index in [1.807, 2.05) is 24.3 Å². The number of nitrogens with one attached hydrogen (secondary N) is 1. The van der Waals surface area contributed by atoms with Crippen LogP contribution in [-0.2, 0) is 26.5 Å². The third-order valence-corrected chi connectivity index (χ3v) is 9.49. The third kappa shape index (κ3) is 6.40. The van der Waals surface area contributed by atoms with Gasteiger partial charge in [0.2, 0.25) is 5.91 Å². The molecule has 2 heterocycles. The SMILES string of the molecule is Cc1ccc(C)c(COc2ccc(C3(N)CCN(CC4(C)NC(=O)N(COCC[Si](C)(C)C)C4=O)C3=O)cc2)c1. The fourth-order valence-corrected chi connectivity index (χ4v) is 5.83. The van der Waals surface area contributed by atoms with Gasteiger partial charge < -0.3 is 25.4 Å². The molecule has 4 amide bonds. The second-order valence-electron chi connectivity index (χ2n) is 12.5. The number of nitrogens with two attached hydrogens (primary N) is 1. The van der Waals surface area contributed by atoms with Crippen LogP contribution < -0.4 is 15.8 Å². The van der Waals surface area contributed by atoms with Gasteiger partial charge in [0, 0.05) is 21.2 Å². The summed E-state index contributed by atoms with van der Waals surface area (Å²) in [5.74, 6) is 0.0114. The minimum atomic E-state index is -1.29. The van der Waals surface area contributed by atoms with Gasteiger partial charge in [0.1, 0.15) is 30.2 Å². The average molecular weight is 567 g/mol. The summed E-state index contributed by atoms with van der Waals surface area (Å²) in [6.07, 6.45) is 0.399. The second kappa shape index (κ2) is 11.3. The van der Waals surface area contributed by atoms with Gasteiger partial charge in [-0.25, -0.2) is 9.69 Å². The van der Waals surface area contributed by atoms with Crippen molar-refractivity contribution in [1.29, 1.82) is 0 Å². The summed E-state index contributed by atoms with van der Waals surface area (Å²) in [7, 11) is -1.29.